The summed E-state index contributed by atoms with van der Waals surface area (Å²) < 4.78 is 50.3. The molecule has 2 aromatic carbocycles. The van der Waals surface area contributed by atoms with Crippen LogP contribution in [-0.4, -0.2) is 71.6 Å². The highest BCUT2D eigenvalue weighted by Crippen LogP contribution is 2.32. The first-order valence-electron chi connectivity index (χ1n) is 15.7. The largest absolute Gasteiger partial charge is 0.497 e. The van der Waals surface area contributed by atoms with E-state index in [2.05, 4.69) is 10.6 Å². The Balaban J connectivity index is 1.69. The first-order chi connectivity index (χ1) is 21.9. The number of carbonyl (C=O) groups is 3. The Morgan fingerprint density at radius 2 is 1.60 bits per heavy atom. The molecule has 3 amide bonds. The van der Waals surface area contributed by atoms with E-state index in [1.54, 1.807) is 53.5 Å². The number of benzene rings is 2. The molecule has 13 heteroatoms. The van der Waals surface area contributed by atoms with Crippen LogP contribution < -0.4 is 21.1 Å². The zero-order chi connectivity index (χ0) is 34.9. The van der Waals surface area contributed by atoms with Crippen LogP contribution in [0.1, 0.15) is 64.2 Å². The molecule has 260 valence electrons. The van der Waals surface area contributed by atoms with Crippen molar-refractivity contribution < 1.29 is 37.0 Å². The van der Waals surface area contributed by atoms with Gasteiger partial charge in [0.15, 0.2) is 0 Å². The summed E-state index contributed by atoms with van der Waals surface area (Å²) in [5.74, 6) is -0.161. The Morgan fingerprint density at radius 3 is 2.15 bits per heavy atom. The number of nitrogens with two attached hydrogens (primary N) is 1. The summed E-state index contributed by atoms with van der Waals surface area (Å²) in [6.07, 6.45) is -5.66. The van der Waals surface area contributed by atoms with Crippen molar-refractivity contribution in [2.75, 3.05) is 13.7 Å². The molecule has 1 aliphatic heterocycles. The van der Waals surface area contributed by atoms with Crippen LogP contribution in [0.2, 0.25) is 0 Å². The third kappa shape index (κ3) is 12.6. The standard InChI is InChI=1S/C34H47F3N4O5S/c1-21(2)28(17-34(35,36)37)40-30(42)29-16-26(47-20-24-11-13-25(45-6)14-12-24)19-41(29)31(43)27(38)15-22-7-9-23(10-8-22)18-39-32(44)46-33(3,4)5/h7-14,21,26-29H,15-20,38H2,1-6H3,(H,39,44)(H,40,42)/t26-,27+,28?,29?/m1/s1. The number of nitrogens with one attached hydrogen (secondary N) is 2. The quantitative estimate of drug-likeness (QED) is 0.252. The van der Waals surface area contributed by atoms with E-state index in [0.29, 0.717) is 12.2 Å². The Morgan fingerprint density at radius 1 is 1.00 bits per heavy atom. The van der Waals surface area contributed by atoms with Gasteiger partial charge in [0.1, 0.15) is 17.4 Å². The van der Waals surface area contributed by atoms with Crippen LogP contribution in [0.4, 0.5) is 18.0 Å². The fourth-order valence-corrected chi connectivity index (χ4v) is 6.37. The lowest BCUT2D eigenvalue weighted by Gasteiger charge is -2.30. The second-order valence-electron chi connectivity index (χ2n) is 13.2. The number of ether oxygens (including phenoxy) is 2. The number of nitrogens with zero attached hydrogens (tertiary/aromatic N) is 1. The van der Waals surface area contributed by atoms with E-state index in [9.17, 15) is 27.6 Å². The highest BCUT2D eigenvalue weighted by molar-refractivity contribution is 7.99. The lowest BCUT2D eigenvalue weighted by Crippen LogP contribution is -2.54. The summed E-state index contributed by atoms with van der Waals surface area (Å²) >= 11 is 1.58. The van der Waals surface area contributed by atoms with E-state index in [-0.39, 0.29) is 24.8 Å². The number of amides is 3. The molecular formula is C34H47F3N4O5S. The molecule has 0 radical (unpaired) electrons. The number of carbonyl (C=O) groups excluding carboxylic acids is 3. The summed E-state index contributed by atoms with van der Waals surface area (Å²) in [6, 6.07) is 11.8. The van der Waals surface area contributed by atoms with Gasteiger partial charge in [-0.15, -0.1) is 0 Å². The van der Waals surface area contributed by atoms with E-state index in [1.807, 2.05) is 48.5 Å². The predicted molar refractivity (Wildman–Crippen MR) is 177 cm³/mol. The average molecular weight is 681 g/mol. The SMILES string of the molecule is COc1ccc(CS[C@@H]2CC(C(=O)NC(CC(F)(F)F)C(C)C)N(C(=O)[C@@H](N)Cc3ccc(CNC(=O)OC(C)(C)C)cc3)C2)cc1. The zero-order valence-electron chi connectivity index (χ0n) is 27.9. The van der Waals surface area contributed by atoms with E-state index >= 15 is 0 Å². The number of likely N-dealkylation sites (tertiary alicyclic amines) is 1. The van der Waals surface area contributed by atoms with Crippen LogP contribution >= 0.6 is 11.8 Å². The van der Waals surface area contributed by atoms with Gasteiger partial charge >= 0.3 is 12.3 Å². The molecule has 1 saturated heterocycles. The van der Waals surface area contributed by atoms with Gasteiger partial charge in [0.05, 0.1) is 19.6 Å². The van der Waals surface area contributed by atoms with Gasteiger partial charge in [0.25, 0.3) is 0 Å². The molecule has 3 rings (SSSR count). The minimum atomic E-state index is -4.45. The summed E-state index contributed by atoms with van der Waals surface area (Å²) in [4.78, 5) is 40.6. The van der Waals surface area contributed by atoms with Gasteiger partial charge in [-0.1, -0.05) is 50.2 Å². The molecular weight excluding hydrogens is 633 g/mol. The van der Waals surface area contributed by atoms with Crippen LogP contribution in [0.25, 0.3) is 0 Å². The van der Waals surface area contributed by atoms with Crippen molar-refractivity contribution in [3.05, 3.63) is 65.2 Å². The number of hydrogen-bond donors (Lipinski definition) is 3. The average Bonchev–Trinajstić information content (AvgIpc) is 3.42. The van der Waals surface area contributed by atoms with Gasteiger partial charge < -0.3 is 30.7 Å². The first kappa shape index (κ1) is 38.0. The summed E-state index contributed by atoms with van der Waals surface area (Å²) in [6.45, 7) is 9.08. The van der Waals surface area contributed by atoms with Crippen LogP contribution in [0.15, 0.2) is 48.5 Å². The Kier molecular flexibility index (Phi) is 13.4. The van der Waals surface area contributed by atoms with Crippen molar-refractivity contribution in [2.45, 2.75) is 101 Å². The molecule has 0 spiro atoms. The lowest BCUT2D eigenvalue weighted by molar-refractivity contribution is -0.148. The molecule has 9 nitrogen and oxygen atoms in total. The predicted octanol–water partition coefficient (Wildman–Crippen LogP) is 5.59. The fraction of sp³-hybridized carbons (Fsp3) is 0.559. The fourth-order valence-electron chi connectivity index (χ4n) is 5.16. The van der Waals surface area contributed by atoms with Crippen molar-refractivity contribution >= 4 is 29.7 Å². The molecule has 2 aromatic rings. The van der Waals surface area contributed by atoms with E-state index in [0.717, 1.165) is 22.4 Å². The molecule has 1 heterocycles. The maximum absolute atomic E-state index is 13.7. The maximum atomic E-state index is 13.7. The first-order valence-corrected chi connectivity index (χ1v) is 16.7. The van der Waals surface area contributed by atoms with Crippen LogP contribution in [0, 0.1) is 5.92 Å². The lowest BCUT2D eigenvalue weighted by atomic mass is 9.99. The number of halogens is 3. The van der Waals surface area contributed by atoms with E-state index in [4.69, 9.17) is 15.2 Å². The third-order valence-electron chi connectivity index (χ3n) is 7.71. The minimum Gasteiger partial charge on any atom is -0.497 e. The Hall–Kier alpha value is -3.45. The minimum absolute atomic E-state index is 0.124. The number of alkyl halides is 3. The van der Waals surface area contributed by atoms with Gasteiger partial charge in [0, 0.05) is 30.1 Å². The monoisotopic (exact) mass is 680 g/mol. The normalized spacial score (nSPS) is 18.1. The Bertz CT molecular complexity index is 1330. The van der Waals surface area contributed by atoms with Crippen LogP contribution in [-0.2, 0) is 33.0 Å². The third-order valence-corrected chi connectivity index (χ3v) is 9.02. The number of methoxy groups -OCH3 is 1. The van der Waals surface area contributed by atoms with Crippen molar-refractivity contribution in [1.82, 2.24) is 15.5 Å². The number of alkyl carbamates (subject to hydrolysis) is 1. The zero-order valence-corrected chi connectivity index (χ0v) is 28.7. The number of rotatable bonds is 13. The molecule has 0 aliphatic carbocycles. The smallest absolute Gasteiger partial charge is 0.407 e. The molecule has 4 atom stereocenters. The molecule has 0 saturated carbocycles. The molecule has 1 aliphatic rings. The molecule has 0 bridgehead atoms. The van der Waals surface area contributed by atoms with Gasteiger partial charge in [-0.3, -0.25) is 9.59 Å². The van der Waals surface area contributed by atoms with E-state index < -0.39 is 60.1 Å². The van der Waals surface area contributed by atoms with Crippen molar-refractivity contribution in [3.8, 4) is 5.75 Å². The van der Waals surface area contributed by atoms with Crippen molar-refractivity contribution in [2.24, 2.45) is 11.7 Å². The van der Waals surface area contributed by atoms with Gasteiger partial charge in [-0.2, -0.15) is 24.9 Å². The number of thioether (sulfide) groups is 1. The van der Waals surface area contributed by atoms with Crippen LogP contribution in [0.3, 0.4) is 0 Å². The van der Waals surface area contributed by atoms with E-state index in [1.165, 1.54) is 4.90 Å². The van der Waals surface area contributed by atoms with Crippen LogP contribution in [0.5, 0.6) is 5.75 Å². The van der Waals surface area contributed by atoms with Gasteiger partial charge in [-0.25, -0.2) is 4.79 Å². The molecule has 2 unspecified atom stereocenters. The molecule has 0 aromatic heterocycles. The molecule has 4 N–H and O–H groups in total. The summed E-state index contributed by atoms with van der Waals surface area (Å²) in [5, 5.41) is 5.15. The highest BCUT2D eigenvalue weighted by Gasteiger charge is 2.43. The second-order valence-corrected chi connectivity index (χ2v) is 14.5. The summed E-state index contributed by atoms with van der Waals surface area (Å²) in [7, 11) is 1.59. The molecule has 1 fully saturated rings. The second kappa shape index (κ2) is 16.6. The van der Waals surface area contributed by atoms with Crippen molar-refractivity contribution in [1.29, 1.82) is 0 Å². The Labute approximate surface area is 279 Å². The van der Waals surface area contributed by atoms with Gasteiger partial charge in [-0.05, 0) is 68.4 Å². The number of hydrogen-bond acceptors (Lipinski definition) is 7. The maximum Gasteiger partial charge on any atom is 0.407 e. The highest BCUT2D eigenvalue weighted by atomic mass is 32.2. The molecule has 47 heavy (non-hydrogen) atoms. The van der Waals surface area contributed by atoms with Crippen molar-refractivity contribution in [3.63, 3.8) is 0 Å². The topological polar surface area (TPSA) is 123 Å². The van der Waals surface area contributed by atoms with Gasteiger partial charge in [0.2, 0.25) is 11.8 Å². The summed E-state index contributed by atoms with van der Waals surface area (Å²) in [5.41, 5.74) is 8.42.